The highest BCUT2D eigenvalue weighted by molar-refractivity contribution is 9.10. The molecule has 0 atom stereocenters. The van der Waals surface area contributed by atoms with Crippen LogP contribution in [0.15, 0.2) is 41.0 Å². The molecule has 0 radical (unpaired) electrons. The molecule has 0 bridgehead atoms. The van der Waals surface area contributed by atoms with E-state index in [4.69, 9.17) is 0 Å². The van der Waals surface area contributed by atoms with Crippen molar-refractivity contribution in [3.63, 3.8) is 0 Å². The molecule has 1 heterocycles. The van der Waals surface area contributed by atoms with Crippen LogP contribution in [0.25, 0.3) is 0 Å². The Morgan fingerprint density at radius 2 is 1.94 bits per heavy atom. The second kappa shape index (κ2) is 4.94. The van der Waals surface area contributed by atoms with Crippen LogP contribution in [-0.4, -0.2) is 17.0 Å². The quantitative estimate of drug-likeness (QED) is 0.906. The molecule has 16 heavy (non-hydrogen) atoms. The minimum atomic E-state index is 0.585. The summed E-state index contributed by atoms with van der Waals surface area (Å²) >= 11 is 3.40. The SMILES string of the molecule is CNc1ncc(Br)c(Nc2ccccc2)n1. The van der Waals surface area contributed by atoms with E-state index in [0.29, 0.717) is 5.95 Å². The van der Waals surface area contributed by atoms with Gasteiger partial charge in [0.2, 0.25) is 5.95 Å². The number of benzene rings is 1. The zero-order valence-corrected chi connectivity index (χ0v) is 10.3. The average Bonchev–Trinajstić information content (AvgIpc) is 2.33. The minimum Gasteiger partial charge on any atom is -0.357 e. The van der Waals surface area contributed by atoms with E-state index in [1.54, 1.807) is 13.2 Å². The molecule has 0 aliphatic rings. The zero-order chi connectivity index (χ0) is 11.4. The second-order valence-electron chi connectivity index (χ2n) is 3.13. The Hall–Kier alpha value is -1.62. The molecule has 0 spiro atoms. The van der Waals surface area contributed by atoms with Crippen molar-refractivity contribution in [2.75, 3.05) is 17.7 Å². The fourth-order valence-corrected chi connectivity index (χ4v) is 1.52. The Labute approximate surface area is 102 Å². The van der Waals surface area contributed by atoms with Crippen LogP contribution in [0.3, 0.4) is 0 Å². The lowest BCUT2D eigenvalue weighted by Gasteiger charge is -2.08. The third-order valence-electron chi connectivity index (χ3n) is 2.00. The highest BCUT2D eigenvalue weighted by Gasteiger charge is 2.03. The molecule has 0 fully saturated rings. The molecule has 4 nitrogen and oxygen atoms in total. The van der Waals surface area contributed by atoms with Gasteiger partial charge in [-0.1, -0.05) is 18.2 Å². The normalized spacial score (nSPS) is 9.88. The number of aromatic nitrogens is 2. The van der Waals surface area contributed by atoms with Gasteiger partial charge in [-0.05, 0) is 28.1 Å². The Bertz CT molecular complexity index is 473. The monoisotopic (exact) mass is 278 g/mol. The molecule has 0 amide bonds. The maximum Gasteiger partial charge on any atom is 0.224 e. The largest absolute Gasteiger partial charge is 0.357 e. The van der Waals surface area contributed by atoms with Crippen molar-refractivity contribution in [2.24, 2.45) is 0 Å². The third-order valence-corrected chi connectivity index (χ3v) is 2.58. The summed E-state index contributed by atoms with van der Waals surface area (Å²) in [5, 5.41) is 6.11. The summed E-state index contributed by atoms with van der Waals surface area (Å²) < 4.78 is 0.829. The van der Waals surface area contributed by atoms with Crippen LogP contribution < -0.4 is 10.6 Å². The van der Waals surface area contributed by atoms with Crippen molar-refractivity contribution < 1.29 is 0 Å². The molecule has 1 aromatic heterocycles. The standard InChI is InChI=1S/C11H11BrN4/c1-13-11-14-7-9(12)10(16-11)15-8-5-3-2-4-6-8/h2-7H,1H3,(H2,13,14,15,16). The number of hydrogen-bond donors (Lipinski definition) is 2. The van der Waals surface area contributed by atoms with E-state index in [1.807, 2.05) is 30.3 Å². The van der Waals surface area contributed by atoms with Gasteiger partial charge in [-0.25, -0.2) is 4.98 Å². The number of rotatable bonds is 3. The number of anilines is 3. The van der Waals surface area contributed by atoms with Gasteiger partial charge in [-0.15, -0.1) is 0 Å². The maximum absolute atomic E-state index is 4.31. The first-order valence-corrected chi connectivity index (χ1v) is 5.61. The number of halogens is 1. The molecular weight excluding hydrogens is 268 g/mol. The molecule has 0 saturated carbocycles. The molecule has 0 saturated heterocycles. The fraction of sp³-hybridized carbons (Fsp3) is 0.0909. The predicted octanol–water partition coefficient (Wildman–Crippen LogP) is 3.02. The predicted molar refractivity (Wildman–Crippen MR) is 69.0 cm³/mol. The first-order chi connectivity index (χ1) is 7.79. The van der Waals surface area contributed by atoms with Gasteiger partial charge in [0.05, 0.1) is 4.47 Å². The van der Waals surface area contributed by atoms with Crippen LogP contribution in [0, 0.1) is 0 Å². The Morgan fingerprint density at radius 3 is 2.62 bits per heavy atom. The van der Waals surface area contributed by atoms with Crippen LogP contribution in [0.1, 0.15) is 0 Å². The van der Waals surface area contributed by atoms with E-state index < -0.39 is 0 Å². The molecule has 2 aromatic rings. The number of nitrogens with zero attached hydrogens (tertiary/aromatic N) is 2. The molecule has 2 rings (SSSR count). The molecule has 0 aliphatic heterocycles. The van der Waals surface area contributed by atoms with Gasteiger partial charge >= 0.3 is 0 Å². The smallest absolute Gasteiger partial charge is 0.224 e. The topological polar surface area (TPSA) is 49.8 Å². The van der Waals surface area contributed by atoms with Crippen molar-refractivity contribution in [3.05, 3.63) is 41.0 Å². The summed E-state index contributed by atoms with van der Waals surface area (Å²) in [5.74, 6) is 1.33. The van der Waals surface area contributed by atoms with E-state index in [1.165, 1.54) is 0 Å². The van der Waals surface area contributed by atoms with Gasteiger partial charge in [0, 0.05) is 18.9 Å². The van der Waals surface area contributed by atoms with Crippen LogP contribution in [0.2, 0.25) is 0 Å². The Kier molecular flexibility index (Phi) is 3.36. The number of nitrogens with one attached hydrogen (secondary N) is 2. The van der Waals surface area contributed by atoms with E-state index in [0.717, 1.165) is 16.0 Å². The summed E-state index contributed by atoms with van der Waals surface area (Å²) in [4.78, 5) is 8.40. The van der Waals surface area contributed by atoms with Crippen LogP contribution in [0.5, 0.6) is 0 Å². The van der Waals surface area contributed by atoms with E-state index in [-0.39, 0.29) is 0 Å². The molecule has 1 aromatic carbocycles. The van der Waals surface area contributed by atoms with Crippen LogP contribution in [0.4, 0.5) is 17.5 Å². The Morgan fingerprint density at radius 1 is 1.19 bits per heavy atom. The number of para-hydroxylation sites is 1. The highest BCUT2D eigenvalue weighted by atomic mass is 79.9. The highest BCUT2D eigenvalue weighted by Crippen LogP contribution is 2.23. The van der Waals surface area contributed by atoms with Crippen molar-refractivity contribution in [1.82, 2.24) is 9.97 Å². The molecule has 0 aliphatic carbocycles. The van der Waals surface area contributed by atoms with Crippen LogP contribution in [-0.2, 0) is 0 Å². The van der Waals surface area contributed by atoms with E-state index in [2.05, 4.69) is 36.5 Å². The zero-order valence-electron chi connectivity index (χ0n) is 8.74. The minimum absolute atomic E-state index is 0.585. The molecule has 0 unspecified atom stereocenters. The summed E-state index contributed by atoms with van der Waals surface area (Å²) in [7, 11) is 1.79. The van der Waals surface area contributed by atoms with Crippen molar-refractivity contribution in [3.8, 4) is 0 Å². The molecule has 2 N–H and O–H groups in total. The Balaban J connectivity index is 2.27. The van der Waals surface area contributed by atoms with Crippen molar-refractivity contribution in [2.45, 2.75) is 0 Å². The van der Waals surface area contributed by atoms with Gasteiger partial charge < -0.3 is 10.6 Å². The maximum atomic E-state index is 4.31. The van der Waals surface area contributed by atoms with Gasteiger partial charge in [0.15, 0.2) is 0 Å². The van der Waals surface area contributed by atoms with Gasteiger partial charge in [-0.2, -0.15) is 4.98 Å². The number of hydrogen-bond acceptors (Lipinski definition) is 4. The lowest BCUT2D eigenvalue weighted by molar-refractivity contribution is 1.14. The van der Waals surface area contributed by atoms with Crippen molar-refractivity contribution >= 4 is 33.4 Å². The summed E-state index contributed by atoms with van der Waals surface area (Å²) in [6, 6.07) is 9.87. The molecule has 5 heteroatoms. The lowest BCUT2D eigenvalue weighted by atomic mass is 10.3. The molecule has 82 valence electrons. The first kappa shape index (κ1) is 10.9. The molecular formula is C11H11BrN4. The summed E-state index contributed by atoms with van der Waals surface area (Å²) in [6.07, 6.45) is 1.71. The van der Waals surface area contributed by atoms with Crippen molar-refractivity contribution in [1.29, 1.82) is 0 Å². The summed E-state index contributed by atoms with van der Waals surface area (Å²) in [6.45, 7) is 0. The van der Waals surface area contributed by atoms with Gasteiger partial charge in [0.25, 0.3) is 0 Å². The third kappa shape index (κ3) is 2.49. The second-order valence-corrected chi connectivity index (χ2v) is 3.99. The first-order valence-electron chi connectivity index (χ1n) is 4.82. The van der Waals surface area contributed by atoms with E-state index >= 15 is 0 Å². The summed E-state index contributed by atoms with van der Waals surface area (Å²) in [5.41, 5.74) is 0.990. The van der Waals surface area contributed by atoms with E-state index in [9.17, 15) is 0 Å². The van der Waals surface area contributed by atoms with Crippen LogP contribution >= 0.6 is 15.9 Å². The van der Waals surface area contributed by atoms with Gasteiger partial charge in [0.1, 0.15) is 5.82 Å². The lowest BCUT2D eigenvalue weighted by Crippen LogP contribution is -2.00. The average molecular weight is 279 g/mol. The fourth-order valence-electron chi connectivity index (χ4n) is 1.23. The van der Waals surface area contributed by atoms with Gasteiger partial charge in [-0.3, -0.25) is 0 Å².